The highest BCUT2D eigenvalue weighted by atomic mass is 35.6. The van der Waals surface area contributed by atoms with Crippen molar-refractivity contribution in [2.75, 3.05) is 5.32 Å². The van der Waals surface area contributed by atoms with E-state index in [1.807, 2.05) is 0 Å². The van der Waals surface area contributed by atoms with Gasteiger partial charge in [0.2, 0.25) is 9.70 Å². The van der Waals surface area contributed by atoms with Crippen LogP contribution in [0.15, 0.2) is 24.3 Å². The number of benzene rings is 1. The summed E-state index contributed by atoms with van der Waals surface area (Å²) in [7, 11) is 0. The fraction of sp³-hybridized carbons (Fsp3) is 0.308. The fourth-order valence-corrected chi connectivity index (χ4v) is 2.01. The second kappa shape index (κ2) is 8.54. The van der Waals surface area contributed by atoms with Gasteiger partial charge in [0.1, 0.15) is 6.17 Å². The van der Waals surface area contributed by atoms with Crippen LogP contribution in [-0.2, 0) is 4.79 Å². The highest BCUT2D eigenvalue weighted by molar-refractivity contribution is 7.80. The van der Waals surface area contributed by atoms with Crippen LogP contribution in [-0.4, -0.2) is 26.9 Å². The third-order valence-corrected chi connectivity index (χ3v) is 3.48. The summed E-state index contributed by atoms with van der Waals surface area (Å²) in [4.78, 5) is 22.1. The zero-order valence-corrected chi connectivity index (χ0v) is 14.9. The van der Waals surface area contributed by atoms with E-state index in [0.29, 0.717) is 5.69 Å². The SMILES string of the molecule is CCC(=O)N[C@H](NC(=S)Nc1ccc(C(=O)[O-])cc1)C(Cl)(Cl)Cl. The molecule has 1 rings (SSSR count). The van der Waals surface area contributed by atoms with Gasteiger partial charge in [-0.2, -0.15) is 0 Å². The van der Waals surface area contributed by atoms with Crippen LogP contribution in [0.1, 0.15) is 23.7 Å². The number of nitrogens with one attached hydrogen (secondary N) is 3. The maximum Gasteiger partial charge on any atom is 0.228 e. The molecule has 126 valence electrons. The number of hydrogen-bond donors (Lipinski definition) is 3. The van der Waals surface area contributed by atoms with Crippen molar-refractivity contribution in [1.82, 2.24) is 10.6 Å². The molecule has 0 fully saturated rings. The minimum Gasteiger partial charge on any atom is -0.545 e. The molecular weight excluding hydrogens is 385 g/mol. The number of hydrogen-bond acceptors (Lipinski definition) is 4. The van der Waals surface area contributed by atoms with Gasteiger partial charge in [-0.05, 0) is 29.9 Å². The number of carbonyl (C=O) groups excluding carboxylic acids is 2. The molecule has 1 aromatic rings. The number of carboxylic acids is 1. The van der Waals surface area contributed by atoms with E-state index in [1.54, 1.807) is 6.92 Å². The number of halogens is 3. The predicted octanol–water partition coefficient (Wildman–Crippen LogP) is 1.56. The van der Waals surface area contributed by atoms with Gasteiger partial charge in [-0.3, -0.25) is 4.79 Å². The number of thiocarbonyl (C=S) groups is 1. The Morgan fingerprint density at radius 1 is 1.22 bits per heavy atom. The van der Waals surface area contributed by atoms with Crippen molar-refractivity contribution in [3.05, 3.63) is 29.8 Å². The largest absolute Gasteiger partial charge is 0.545 e. The van der Waals surface area contributed by atoms with Crippen LogP contribution in [0, 0.1) is 0 Å². The van der Waals surface area contributed by atoms with E-state index in [-0.39, 0.29) is 23.0 Å². The number of carboxylic acid groups (broad SMARTS) is 1. The molecule has 3 N–H and O–H groups in total. The Morgan fingerprint density at radius 3 is 2.22 bits per heavy atom. The third kappa shape index (κ3) is 6.78. The monoisotopic (exact) mass is 396 g/mol. The number of rotatable bonds is 5. The van der Waals surface area contributed by atoms with Crippen molar-refractivity contribution in [1.29, 1.82) is 0 Å². The van der Waals surface area contributed by atoms with Gasteiger partial charge in [-0.25, -0.2) is 0 Å². The second-order valence-corrected chi connectivity index (χ2v) is 7.14. The molecule has 0 saturated carbocycles. The Bertz CT molecular complexity index is 590. The standard InChI is InChI=1S/C13H14Cl3N3O3S/c1-2-9(20)18-11(13(14,15)16)19-12(23)17-8-5-3-7(4-6-8)10(21)22/h3-6,11H,2H2,1H3,(H,18,20)(H,21,22)(H2,17,19,23)/p-1/t11-/m1/s1. The molecule has 0 spiro atoms. The summed E-state index contributed by atoms with van der Waals surface area (Å²) < 4.78 is -1.82. The van der Waals surface area contributed by atoms with Gasteiger partial charge in [0, 0.05) is 12.1 Å². The molecule has 23 heavy (non-hydrogen) atoms. The van der Waals surface area contributed by atoms with Crippen molar-refractivity contribution in [3.8, 4) is 0 Å². The van der Waals surface area contributed by atoms with Crippen molar-refractivity contribution in [3.63, 3.8) is 0 Å². The summed E-state index contributed by atoms with van der Waals surface area (Å²) in [5.74, 6) is -1.61. The number of alkyl halides is 3. The first-order valence-corrected chi connectivity index (χ1v) is 7.92. The molecule has 0 aliphatic rings. The lowest BCUT2D eigenvalue weighted by molar-refractivity contribution is -0.255. The first-order valence-electron chi connectivity index (χ1n) is 6.38. The van der Waals surface area contributed by atoms with E-state index >= 15 is 0 Å². The summed E-state index contributed by atoms with van der Waals surface area (Å²) in [5.41, 5.74) is 0.543. The molecule has 0 aliphatic heterocycles. The Labute approximate surface area is 153 Å². The molecule has 0 aliphatic carbocycles. The maximum atomic E-state index is 11.5. The van der Waals surface area contributed by atoms with Gasteiger partial charge in [-0.15, -0.1) is 0 Å². The van der Waals surface area contributed by atoms with E-state index in [2.05, 4.69) is 16.0 Å². The maximum absolute atomic E-state index is 11.5. The molecule has 0 bridgehead atoms. The molecule has 10 heteroatoms. The van der Waals surface area contributed by atoms with E-state index in [9.17, 15) is 14.7 Å². The summed E-state index contributed by atoms with van der Waals surface area (Å²) in [6.45, 7) is 1.65. The number of anilines is 1. The third-order valence-electron chi connectivity index (χ3n) is 2.61. The highest BCUT2D eigenvalue weighted by Gasteiger charge is 2.34. The summed E-state index contributed by atoms with van der Waals surface area (Å²) in [6.07, 6.45) is -0.827. The summed E-state index contributed by atoms with van der Waals surface area (Å²) >= 11 is 22.5. The number of amides is 1. The van der Waals surface area contributed by atoms with E-state index < -0.39 is 15.9 Å². The van der Waals surface area contributed by atoms with Gasteiger partial charge < -0.3 is 25.9 Å². The van der Waals surface area contributed by atoms with E-state index in [4.69, 9.17) is 47.0 Å². The van der Waals surface area contributed by atoms with Crippen LogP contribution in [0.25, 0.3) is 0 Å². The van der Waals surface area contributed by atoms with Crippen LogP contribution in [0.4, 0.5) is 5.69 Å². The molecule has 6 nitrogen and oxygen atoms in total. The van der Waals surface area contributed by atoms with Crippen molar-refractivity contribution in [2.24, 2.45) is 0 Å². The summed E-state index contributed by atoms with van der Waals surface area (Å²) in [5, 5.41) is 18.7. The molecule has 0 radical (unpaired) electrons. The Morgan fingerprint density at radius 2 is 1.78 bits per heavy atom. The van der Waals surface area contributed by atoms with Gasteiger partial charge in [0.15, 0.2) is 5.11 Å². The van der Waals surface area contributed by atoms with Crippen molar-refractivity contribution >= 4 is 69.7 Å². The zero-order chi connectivity index (χ0) is 17.6. The molecule has 1 aromatic carbocycles. The van der Waals surface area contributed by atoms with Crippen LogP contribution in [0.2, 0.25) is 0 Å². The van der Waals surface area contributed by atoms with Crippen molar-refractivity contribution in [2.45, 2.75) is 23.3 Å². The average Bonchev–Trinajstić information content (AvgIpc) is 2.45. The molecule has 1 amide bonds. The smallest absolute Gasteiger partial charge is 0.228 e. The van der Waals surface area contributed by atoms with Gasteiger partial charge >= 0.3 is 0 Å². The Kier molecular flexibility index (Phi) is 7.34. The molecular formula is C13H13Cl3N3O3S-. The lowest BCUT2D eigenvalue weighted by atomic mass is 10.2. The molecule has 1 atom stereocenters. The number of carbonyl (C=O) groups is 2. The molecule has 0 unspecified atom stereocenters. The normalized spacial score (nSPS) is 12.2. The summed E-state index contributed by atoms with van der Waals surface area (Å²) in [6, 6.07) is 5.69. The second-order valence-electron chi connectivity index (χ2n) is 4.36. The first-order chi connectivity index (χ1) is 10.6. The van der Waals surface area contributed by atoms with Crippen LogP contribution in [0.5, 0.6) is 0 Å². The molecule has 0 heterocycles. The highest BCUT2D eigenvalue weighted by Crippen LogP contribution is 2.29. The van der Waals surface area contributed by atoms with Gasteiger partial charge in [-0.1, -0.05) is 53.9 Å². The van der Waals surface area contributed by atoms with Crippen LogP contribution >= 0.6 is 47.0 Å². The Hall–Kier alpha value is -1.28. The molecule has 0 saturated heterocycles. The van der Waals surface area contributed by atoms with Gasteiger partial charge in [0.05, 0.1) is 5.97 Å². The van der Waals surface area contributed by atoms with Gasteiger partial charge in [0.25, 0.3) is 0 Å². The minimum absolute atomic E-state index is 0.0313. The minimum atomic E-state index is -1.82. The lowest BCUT2D eigenvalue weighted by Crippen LogP contribution is -2.56. The fourth-order valence-electron chi connectivity index (χ4n) is 1.45. The first kappa shape index (κ1) is 19.8. The zero-order valence-electron chi connectivity index (χ0n) is 11.9. The van der Waals surface area contributed by atoms with E-state index in [1.165, 1.54) is 24.3 Å². The topological polar surface area (TPSA) is 93.3 Å². The quantitative estimate of drug-likeness (QED) is 0.397. The average molecular weight is 398 g/mol. The lowest BCUT2D eigenvalue weighted by Gasteiger charge is -2.27. The predicted molar refractivity (Wildman–Crippen MR) is 92.6 cm³/mol. The molecule has 0 aromatic heterocycles. The van der Waals surface area contributed by atoms with Crippen LogP contribution < -0.4 is 21.1 Å². The van der Waals surface area contributed by atoms with Crippen LogP contribution in [0.3, 0.4) is 0 Å². The van der Waals surface area contributed by atoms with Crippen molar-refractivity contribution < 1.29 is 14.7 Å². The van der Waals surface area contributed by atoms with E-state index in [0.717, 1.165) is 0 Å². The Balaban J connectivity index is 2.71. The number of aromatic carboxylic acids is 1.